The van der Waals surface area contributed by atoms with E-state index in [4.69, 9.17) is 0 Å². The summed E-state index contributed by atoms with van der Waals surface area (Å²) in [6.45, 7) is 3.79. The average Bonchev–Trinajstić information content (AvgIpc) is 3.28. The molecule has 0 atom stereocenters. The molecule has 0 spiro atoms. The van der Waals surface area contributed by atoms with Crippen LogP contribution in [0, 0.1) is 5.92 Å². The number of aromatic nitrogens is 3. The van der Waals surface area contributed by atoms with Crippen molar-refractivity contribution in [2.75, 3.05) is 18.4 Å². The van der Waals surface area contributed by atoms with Crippen LogP contribution in [-0.2, 0) is 16.6 Å². The van der Waals surface area contributed by atoms with Gasteiger partial charge in [0.05, 0.1) is 17.0 Å². The Kier molecular flexibility index (Phi) is 6.36. The van der Waals surface area contributed by atoms with Gasteiger partial charge in [0.2, 0.25) is 10.0 Å². The van der Waals surface area contributed by atoms with Crippen molar-refractivity contribution in [1.82, 2.24) is 19.3 Å². The summed E-state index contributed by atoms with van der Waals surface area (Å²) in [7, 11) is -3.51. The third kappa shape index (κ3) is 4.96. The van der Waals surface area contributed by atoms with E-state index in [-0.39, 0.29) is 10.8 Å². The third-order valence-electron chi connectivity index (χ3n) is 6.46. The van der Waals surface area contributed by atoms with Crippen LogP contribution in [0.4, 0.5) is 5.69 Å². The number of sulfonamides is 1. The minimum Gasteiger partial charge on any atom is -0.322 e. The van der Waals surface area contributed by atoms with Gasteiger partial charge in [-0.25, -0.2) is 13.1 Å². The molecule has 35 heavy (non-hydrogen) atoms. The van der Waals surface area contributed by atoms with Crippen LogP contribution in [0.5, 0.6) is 0 Å². The SMILES string of the molecule is CC1CCN(S(=O)(=O)c2ccc(NC(=O)c3ccc(Cn4nnc5ccccc54)cc3)cc2)CC1. The van der Waals surface area contributed by atoms with Crippen LogP contribution in [0.3, 0.4) is 0 Å². The maximum absolute atomic E-state index is 12.9. The minimum atomic E-state index is -3.51. The van der Waals surface area contributed by atoms with Gasteiger partial charge in [-0.3, -0.25) is 4.79 Å². The van der Waals surface area contributed by atoms with Crippen molar-refractivity contribution in [3.8, 4) is 0 Å². The molecular weight excluding hydrogens is 462 g/mol. The van der Waals surface area contributed by atoms with Gasteiger partial charge in [0.1, 0.15) is 5.52 Å². The highest BCUT2D eigenvalue weighted by molar-refractivity contribution is 7.89. The van der Waals surface area contributed by atoms with Crippen LogP contribution >= 0.6 is 0 Å². The number of rotatable bonds is 6. The van der Waals surface area contributed by atoms with E-state index in [1.165, 1.54) is 0 Å². The van der Waals surface area contributed by atoms with Crippen molar-refractivity contribution in [3.63, 3.8) is 0 Å². The molecule has 0 unspecified atom stereocenters. The fourth-order valence-electron chi connectivity index (χ4n) is 4.26. The lowest BCUT2D eigenvalue weighted by Gasteiger charge is -2.29. The van der Waals surface area contributed by atoms with E-state index in [9.17, 15) is 13.2 Å². The number of anilines is 1. The van der Waals surface area contributed by atoms with Crippen molar-refractivity contribution in [2.45, 2.75) is 31.2 Å². The fraction of sp³-hybridized carbons (Fsp3) is 0.269. The van der Waals surface area contributed by atoms with Crippen LogP contribution in [-0.4, -0.2) is 46.7 Å². The Balaban J connectivity index is 1.22. The molecule has 3 aromatic carbocycles. The van der Waals surface area contributed by atoms with Crippen molar-refractivity contribution >= 4 is 32.7 Å². The number of para-hydroxylation sites is 1. The molecule has 0 radical (unpaired) electrons. The summed E-state index contributed by atoms with van der Waals surface area (Å²) in [5.74, 6) is 0.291. The second-order valence-corrected chi connectivity index (χ2v) is 10.9. The Morgan fingerprint density at radius 3 is 2.37 bits per heavy atom. The molecule has 5 rings (SSSR count). The number of nitrogens with zero attached hydrogens (tertiary/aromatic N) is 4. The Morgan fingerprint density at radius 2 is 1.66 bits per heavy atom. The Labute approximate surface area is 204 Å². The second kappa shape index (κ2) is 9.59. The van der Waals surface area contributed by atoms with Gasteiger partial charge >= 0.3 is 0 Å². The van der Waals surface area contributed by atoms with Gasteiger partial charge in [-0.1, -0.05) is 36.4 Å². The maximum atomic E-state index is 12.9. The molecule has 0 bridgehead atoms. The first kappa shape index (κ1) is 23.2. The second-order valence-electron chi connectivity index (χ2n) is 9.00. The lowest BCUT2D eigenvalue weighted by Crippen LogP contribution is -2.37. The van der Waals surface area contributed by atoms with E-state index < -0.39 is 10.0 Å². The number of carbonyl (C=O) groups is 1. The number of benzene rings is 3. The smallest absolute Gasteiger partial charge is 0.255 e. The highest BCUT2D eigenvalue weighted by Gasteiger charge is 2.27. The number of piperidine rings is 1. The fourth-order valence-corrected chi connectivity index (χ4v) is 5.73. The maximum Gasteiger partial charge on any atom is 0.255 e. The molecule has 1 saturated heterocycles. The van der Waals surface area contributed by atoms with E-state index in [1.807, 2.05) is 41.1 Å². The molecule has 1 aliphatic rings. The Morgan fingerprint density at radius 1 is 0.971 bits per heavy atom. The van der Waals surface area contributed by atoms with Gasteiger partial charge in [-0.15, -0.1) is 5.10 Å². The molecular formula is C26H27N5O3S. The van der Waals surface area contributed by atoms with Gasteiger partial charge in [-0.05, 0) is 72.9 Å². The first-order chi connectivity index (χ1) is 16.9. The summed E-state index contributed by atoms with van der Waals surface area (Å²) in [5, 5.41) is 11.2. The van der Waals surface area contributed by atoms with Crippen LogP contribution < -0.4 is 5.32 Å². The summed E-state index contributed by atoms with van der Waals surface area (Å²) in [4.78, 5) is 13.0. The monoisotopic (exact) mass is 489 g/mol. The number of hydrogen-bond acceptors (Lipinski definition) is 5. The lowest BCUT2D eigenvalue weighted by molar-refractivity contribution is 0.102. The molecule has 0 saturated carbocycles. The van der Waals surface area contributed by atoms with Crippen LogP contribution in [0.1, 0.15) is 35.7 Å². The lowest BCUT2D eigenvalue weighted by atomic mass is 10.0. The van der Waals surface area contributed by atoms with Gasteiger partial charge < -0.3 is 5.32 Å². The van der Waals surface area contributed by atoms with E-state index in [1.54, 1.807) is 40.7 Å². The molecule has 1 aliphatic heterocycles. The minimum absolute atomic E-state index is 0.245. The molecule has 4 aromatic rings. The van der Waals surface area contributed by atoms with E-state index >= 15 is 0 Å². The molecule has 1 aromatic heterocycles. The predicted octanol–water partition coefficient (Wildman–Crippen LogP) is 4.15. The van der Waals surface area contributed by atoms with E-state index in [0.717, 1.165) is 29.4 Å². The highest BCUT2D eigenvalue weighted by Crippen LogP contribution is 2.24. The molecule has 180 valence electrons. The van der Waals surface area contributed by atoms with Gasteiger partial charge in [0, 0.05) is 24.3 Å². The first-order valence-electron chi connectivity index (χ1n) is 11.7. The summed E-state index contributed by atoms with van der Waals surface area (Å²) in [6.07, 6.45) is 1.75. The predicted molar refractivity (Wildman–Crippen MR) is 135 cm³/mol. The van der Waals surface area contributed by atoms with Crippen molar-refractivity contribution in [2.24, 2.45) is 5.92 Å². The Hall–Kier alpha value is -3.56. The quantitative estimate of drug-likeness (QED) is 0.439. The van der Waals surface area contributed by atoms with Crippen LogP contribution in [0.25, 0.3) is 11.0 Å². The average molecular weight is 490 g/mol. The molecule has 1 fully saturated rings. The van der Waals surface area contributed by atoms with Crippen molar-refractivity contribution in [1.29, 1.82) is 0 Å². The molecule has 1 amide bonds. The van der Waals surface area contributed by atoms with E-state index in [2.05, 4.69) is 22.6 Å². The van der Waals surface area contributed by atoms with Gasteiger partial charge in [0.15, 0.2) is 0 Å². The third-order valence-corrected chi connectivity index (χ3v) is 8.37. The van der Waals surface area contributed by atoms with Gasteiger partial charge in [0.25, 0.3) is 5.91 Å². The summed E-state index contributed by atoms with van der Waals surface area (Å²) >= 11 is 0. The summed E-state index contributed by atoms with van der Waals surface area (Å²) in [6, 6.07) is 21.4. The van der Waals surface area contributed by atoms with Gasteiger partial charge in [-0.2, -0.15) is 4.31 Å². The Bertz CT molecular complexity index is 1440. The zero-order valence-electron chi connectivity index (χ0n) is 19.5. The number of nitrogens with one attached hydrogen (secondary N) is 1. The molecule has 1 N–H and O–H groups in total. The molecule has 2 heterocycles. The summed E-state index contributed by atoms with van der Waals surface area (Å²) < 4.78 is 29.2. The number of fused-ring (bicyclic) bond motifs is 1. The highest BCUT2D eigenvalue weighted by atomic mass is 32.2. The largest absolute Gasteiger partial charge is 0.322 e. The molecule has 8 nitrogen and oxygen atoms in total. The number of amides is 1. The number of carbonyl (C=O) groups excluding carboxylic acids is 1. The standard InChI is InChI=1S/C26H27N5O3S/c1-19-14-16-30(17-15-19)35(33,34)23-12-10-22(11-13-23)27-26(32)21-8-6-20(7-9-21)18-31-25-5-3-2-4-24(25)28-29-31/h2-13,19H,14-18H2,1H3,(H,27,32). The van der Waals surface area contributed by atoms with E-state index in [0.29, 0.717) is 36.8 Å². The zero-order chi connectivity index (χ0) is 24.4. The van der Waals surface area contributed by atoms with Crippen molar-refractivity contribution in [3.05, 3.63) is 83.9 Å². The normalized spacial score (nSPS) is 15.3. The molecule has 9 heteroatoms. The van der Waals surface area contributed by atoms with Crippen LogP contribution in [0.15, 0.2) is 77.7 Å². The topological polar surface area (TPSA) is 97.2 Å². The zero-order valence-corrected chi connectivity index (χ0v) is 20.3. The van der Waals surface area contributed by atoms with Crippen LogP contribution in [0.2, 0.25) is 0 Å². The molecule has 0 aliphatic carbocycles. The van der Waals surface area contributed by atoms with Crippen molar-refractivity contribution < 1.29 is 13.2 Å². The number of hydrogen-bond donors (Lipinski definition) is 1. The first-order valence-corrected chi connectivity index (χ1v) is 13.1. The summed E-state index contributed by atoms with van der Waals surface area (Å²) in [5.41, 5.74) is 3.84.